The predicted octanol–water partition coefficient (Wildman–Crippen LogP) is 3.97. The maximum Gasteiger partial charge on any atom is 0.422 e. The fraction of sp³-hybridized carbons (Fsp3) is 0.167. The number of rotatable bonds is 5. The van der Waals surface area contributed by atoms with Crippen molar-refractivity contribution in [2.75, 3.05) is 11.9 Å². The third kappa shape index (κ3) is 5.05. The van der Waals surface area contributed by atoms with Crippen molar-refractivity contribution in [1.29, 1.82) is 5.26 Å². The summed E-state index contributed by atoms with van der Waals surface area (Å²) in [5.74, 6) is -0.312. The van der Waals surface area contributed by atoms with Gasteiger partial charge in [0.2, 0.25) is 0 Å². The third-order valence-corrected chi connectivity index (χ3v) is 4.66. The number of carbonyl (C=O) groups is 1. The molecule has 0 aliphatic carbocycles. The van der Waals surface area contributed by atoms with Crippen LogP contribution < -0.4 is 10.1 Å². The Balaban J connectivity index is 1.77. The average Bonchev–Trinajstić information content (AvgIpc) is 3.08. The van der Waals surface area contributed by atoms with Crippen LogP contribution in [0.4, 0.5) is 18.9 Å². The molecule has 148 valence electrons. The van der Waals surface area contributed by atoms with E-state index in [0.29, 0.717) is 21.4 Å². The summed E-state index contributed by atoms with van der Waals surface area (Å²) >= 11 is 1.10. The molecule has 11 heteroatoms. The van der Waals surface area contributed by atoms with Crippen molar-refractivity contribution in [2.24, 2.45) is 0 Å². The summed E-state index contributed by atoms with van der Waals surface area (Å²) in [6.07, 6.45) is -1.40. The van der Waals surface area contributed by atoms with Gasteiger partial charge in [0.1, 0.15) is 16.7 Å². The minimum atomic E-state index is -4.52. The van der Waals surface area contributed by atoms with Crippen molar-refractivity contribution in [3.63, 3.8) is 0 Å². The molecular formula is C18H12F3N5O2S. The van der Waals surface area contributed by atoms with Gasteiger partial charge in [-0.3, -0.25) is 4.79 Å². The van der Waals surface area contributed by atoms with Crippen LogP contribution in [-0.4, -0.2) is 33.6 Å². The van der Waals surface area contributed by atoms with Crippen LogP contribution in [0.15, 0.2) is 36.7 Å². The number of ether oxygens (including phenoxy) is 1. The van der Waals surface area contributed by atoms with E-state index in [1.165, 1.54) is 18.2 Å². The van der Waals surface area contributed by atoms with Crippen molar-refractivity contribution in [3.05, 3.63) is 52.8 Å². The second-order valence-electron chi connectivity index (χ2n) is 5.69. The molecule has 2 aromatic heterocycles. The van der Waals surface area contributed by atoms with E-state index in [0.717, 1.165) is 11.3 Å². The Labute approximate surface area is 166 Å². The number of hydrogen-bond acceptors (Lipinski definition) is 7. The van der Waals surface area contributed by atoms with Crippen molar-refractivity contribution in [2.45, 2.75) is 13.1 Å². The lowest BCUT2D eigenvalue weighted by molar-refractivity contribution is -0.153. The summed E-state index contributed by atoms with van der Waals surface area (Å²) in [5, 5.41) is 12.2. The van der Waals surface area contributed by atoms with Gasteiger partial charge in [-0.1, -0.05) is 0 Å². The van der Waals surface area contributed by atoms with E-state index in [1.807, 2.05) is 0 Å². The molecule has 0 aliphatic rings. The lowest BCUT2D eigenvalue weighted by atomic mass is 10.2. The normalized spacial score (nSPS) is 11.0. The Hall–Kier alpha value is -3.52. The number of nitrogens with one attached hydrogen (secondary N) is 1. The van der Waals surface area contributed by atoms with Crippen molar-refractivity contribution < 1.29 is 22.7 Å². The van der Waals surface area contributed by atoms with E-state index in [2.05, 4.69) is 25.0 Å². The summed E-state index contributed by atoms with van der Waals surface area (Å²) in [4.78, 5) is 25.4. The molecule has 0 fully saturated rings. The highest BCUT2D eigenvalue weighted by atomic mass is 32.1. The van der Waals surface area contributed by atoms with Gasteiger partial charge < -0.3 is 10.1 Å². The second kappa shape index (κ2) is 8.24. The molecule has 2 heterocycles. The van der Waals surface area contributed by atoms with Crippen LogP contribution in [0.25, 0.3) is 10.8 Å². The molecule has 1 aromatic carbocycles. The quantitative estimate of drug-likeness (QED) is 0.672. The molecule has 7 nitrogen and oxygen atoms in total. The zero-order valence-electron chi connectivity index (χ0n) is 14.8. The Kier molecular flexibility index (Phi) is 5.74. The van der Waals surface area contributed by atoms with Gasteiger partial charge in [-0.2, -0.15) is 18.4 Å². The largest absolute Gasteiger partial charge is 0.483 e. The predicted molar refractivity (Wildman–Crippen MR) is 98.5 cm³/mol. The van der Waals surface area contributed by atoms with Crippen LogP contribution in [0.5, 0.6) is 5.75 Å². The Morgan fingerprint density at radius 2 is 2.03 bits per heavy atom. The molecule has 0 unspecified atom stereocenters. The third-order valence-electron chi connectivity index (χ3n) is 3.51. The van der Waals surface area contributed by atoms with E-state index >= 15 is 0 Å². The number of anilines is 1. The van der Waals surface area contributed by atoms with E-state index in [9.17, 15) is 18.0 Å². The first-order valence-corrected chi connectivity index (χ1v) is 8.88. The molecule has 3 rings (SSSR count). The highest BCUT2D eigenvalue weighted by Crippen LogP contribution is 2.28. The van der Waals surface area contributed by atoms with Crippen LogP contribution in [0.1, 0.15) is 20.9 Å². The maximum atomic E-state index is 12.6. The Bertz CT molecular complexity index is 1080. The van der Waals surface area contributed by atoms with Gasteiger partial charge in [-0.25, -0.2) is 15.0 Å². The minimum Gasteiger partial charge on any atom is -0.483 e. The number of nitriles is 1. The zero-order valence-corrected chi connectivity index (χ0v) is 15.6. The Morgan fingerprint density at radius 3 is 2.69 bits per heavy atom. The fourth-order valence-electron chi connectivity index (χ4n) is 2.28. The number of thiazole rings is 1. The number of nitrogens with zero attached hydrogens (tertiary/aromatic N) is 4. The first-order chi connectivity index (χ1) is 13.8. The molecule has 0 radical (unpaired) electrons. The number of alkyl halides is 3. The minimum absolute atomic E-state index is 0.133. The number of aryl methyl sites for hydroxylation is 1. The molecule has 3 aromatic rings. The molecular weight excluding hydrogens is 407 g/mol. The van der Waals surface area contributed by atoms with Gasteiger partial charge in [-0.15, -0.1) is 11.3 Å². The van der Waals surface area contributed by atoms with Crippen LogP contribution in [-0.2, 0) is 0 Å². The summed E-state index contributed by atoms with van der Waals surface area (Å²) in [6.45, 7) is 0.143. The number of hydrogen-bond donors (Lipinski definition) is 1. The van der Waals surface area contributed by atoms with E-state index in [-0.39, 0.29) is 17.0 Å². The SMILES string of the molecule is Cc1nc(-c2ncccn2)sc1C(=O)Nc1ccc(OCC(F)(F)F)c(C#N)c1. The number of benzene rings is 1. The van der Waals surface area contributed by atoms with Crippen LogP contribution in [0, 0.1) is 18.3 Å². The van der Waals surface area contributed by atoms with Crippen LogP contribution >= 0.6 is 11.3 Å². The van der Waals surface area contributed by atoms with E-state index in [1.54, 1.807) is 31.5 Å². The molecule has 0 saturated heterocycles. The average molecular weight is 419 g/mol. The molecule has 0 bridgehead atoms. The molecule has 0 aliphatic heterocycles. The zero-order chi connectivity index (χ0) is 21.0. The lowest BCUT2D eigenvalue weighted by Crippen LogP contribution is -2.19. The number of halogens is 3. The summed E-state index contributed by atoms with van der Waals surface area (Å²) in [6, 6.07) is 7.20. The molecule has 29 heavy (non-hydrogen) atoms. The van der Waals surface area contributed by atoms with E-state index < -0.39 is 18.7 Å². The molecule has 0 spiro atoms. The summed E-state index contributed by atoms with van der Waals surface area (Å²) in [7, 11) is 0. The number of carbonyl (C=O) groups excluding carboxylic acids is 1. The highest BCUT2D eigenvalue weighted by Gasteiger charge is 2.29. The number of aromatic nitrogens is 3. The van der Waals surface area contributed by atoms with Crippen LogP contribution in [0.3, 0.4) is 0 Å². The molecule has 0 atom stereocenters. The topological polar surface area (TPSA) is 101 Å². The molecule has 1 N–H and O–H groups in total. The van der Waals surface area contributed by atoms with Gasteiger partial charge >= 0.3 is 6.18 Å². The van der Waals surface area contributed by atoms with Crippen LogP contribution in [0.2, 0.25) is 0 Å². The van der Waals surface area contributed by atoms with Crippen molar-refractivity contribution in [1.82, 2.24) is 15.0 Å². The standard InChI is InChI=1S/C18H12F3N5O2S/c1-10-14(29-17(25-10)15-23-5-2-6-24-15)16(27)26-12-3-4-13(11(7-12)8-22)28-9-18(19,20)21/h2-7H,9H2,1H3,(H,26,27). The second-order valence-corrected chi connectivity index (χ2v) is 6.69. The number of amides is 1. The monoisotopic (exact) mass is 419 g/mol. The lowest BCUT2D eigenvalue weighted by Gasteiger charge is -2.11. The smallest absolute Gasteiger partial charge is 0.422 e. The van der Waals surface area contributed by atoms with Gasteiger partial charge in [0.05, 0.1) is 11.3 Å². The highest BCUT2D eigenvalue weighted by molar-refractivity contribution is 7.17. The first kappa shape index (κ1) is 20.2. The molecule has 0 saturated carbocycles. The molecule has 1 amide bonds. The van der Waals surface area contributed by atoms with Gasteiger partial charge in [0, 0.05) is 18.1 Å². The first-order valence-electron chi connectivity index (χ1n) is 8.06. The van der Waals surface area contributed by atoms with Gasteiger partial charge in [-0.05, 0) is 31.2 Å². The summed E-state index contributed by atoms with van der Waals surface area (Å²) < 4.78 is 41.5. The fourth-order valence-corrected chi connectivity index (χ4v) is 3.19. The van der Waals surface area contributed by atoms with Gasteiger partial charge in [0.25, 0.3) is 5.91 Å². The van der Waals surface area contributed by atoms with Crippen molar-refractivity contribution in [3.8, 4) is 22.7 Å². The maximum absolute atomic E-state index is 12.6. The Morgan fingerprint density at radius 1 is 1.31 bits per heavy atom. The van der Waals surface area contributed by atoms with Crippen molar-refractivity contribution >= 4 is 22.9 Å². The van der Waals surface area contributed by atoms with E-state index in [4.69, 9.17) is 5.26 Å². The summed E-state index contributed by atoms with van der Waals surface area (Å²) in [5.41, 5.74) is 0.572. The van der Waals surface area contributed by atoms with Gasteiger partial charge in [0.15, 0.2) is 17.4 Å².